The molecule has 0 aromatic heterocycles. The zero-order chi connectivity index (χ0) is 14.1. The van der Waals surface area contributed by atoms with Crippen molar-refractivity contribution < 1.29 is 4.79 Å². The van der Waals surface area contributed by atoms with Crippen LogP contribution in [-0.2, 0) is 4.79 Å². The highest BCUT2D eigenvalue weighted by atomic mass is 16.2. The third-order valence-electron chi connectivity index (χ3n) is 5.99. The number of nitrogens with one attached hydrogen (secondary N) is 1. The van der Waals surface area contributed by atoms with Crippen LogP contribution in [0.25, 0.3) is 0 Å². The number of likely N-dealkylation sites (tertiary alicyclic amines) is 1. The lowest BCUT2D eigenvalue weighted by Gasteiger charge is -2.33. The van der Waals surface area contributed by atoms with Gasteiger partial charge in [-0.25, -0.2) is 0 Å². The summed E-state index contributed by atoms with van der Waals surface area (Å²) < 4.78 is 0. The van der Waals surface area contributed by atoms with E-state index in [1.807, 2.05) is 0 Å². The molecule has 0 aromatic carbocycles. The lowest BCUT2D eigenvalue weighted by Crippen LogP contribution is -2.51. The first kappa shape index (κ1) is 14.4. The Hall–Kier alpha value is -0.570. The summed E-state index contributed by atoms with van der Waals surface area (Å²) in [5, 5.41) is 3.61. The van der Waals surface area contributed by atoms with Crippen molar-refractivity contribution in [1.29, 1.82) is 0 Å². The van der Waals surface area contributed by atoms with E-state index in [4.69, 9.17) is 0 Å². The van der Waals surface area contributed by atoms with Gasteiger partial charge in [0, 0.05) is 19.1 Å². The van der Waals surface area contributed by atoms with Crippen molar-refractivity contribution in [2.45, 2.75) is 70.9 Å². The highest BCUT2D eigenvalue weighted by molar-refractivity contribution is 5.81. The predicted molar refractivity (Wildman–Crippen MR) is 81.4 cm³/mol. The summed E-state index contributed by atoms with van der Waals surface area (Å²) in [6.07, 6.45) is 9.37. The van der Waals surface area contributed by atoms with Crippen LogP contribution in [0, 0.1) is 17.8 Å². The second-order valence-electron chi connectivity index (χ2n) is 7.40. The Morgan fingerprint density at radius 2 is 1.85 bits per heavy atom. The molecule has 3 heteroatoms. The van der Waals surface area contributed by atoms with Crippen LogP contribution in [0.2, 0.25) is 0 Å². The first-order valence-electron chi connectivity index (χ1n) is 8.70. The summed E-state index contributed by atoms with van der Waals surface area (Å²) in [5.74, 6) is 3.05. The van der Waals surface area contributed by atoms with Crippen LogP contribution in [0.15, 0.2) is 0 Å². The van der Waals surface area contributed by atoms with Gasteiger partial charge in [-0.3, -0.25) is 4.79 Å². The van der Waals surface area contributed by atoms with Gasteiger partial charge in [-0.1, -0.05) is 6.42 Å². The summed E-state index contributed by atoms with van der Waals surface area (Å²) >= 11 is 0. The Balaban J connectivity index is 1.50. The van der Waals surface area contributed by atoms with E-state index in [9.17, 15) is 4.79 Å². The fraction of sp³-hybridized carbons (Fsp3) is 0.941. The van der Waals surface area contributed by atoms with Crippen LogP contribution >= 0.6 is 0 Å². The quantitative estimate of drug-likeness (QED) is 0.857. The molecule has 114 valence electrons. The molecule has 3 nitrogen and oxygen atoms in total. The highest BCUT2D eigenvalue weighted by Gasteiger charge is 2.42. The van der Waals surface area contributed by atoms with E-state index in [1.54, 1.807) is 0 Å². The number of carbonyl (C=O) groups excluding carboxylic acids is 1. The maximum absolute atomic E-state index is 12.5. The van der Waals surface area contributed by atoms with Crippen molar-refractivity contribution in [2.24, 2.45) is 17.8 Å². The van der Waals surface area contributed by atoms with Crippen LogP contribution < -0.4 is 5.32 Å². The fourth-order valence-corrected chi connectivity index (χ4v) is 4.88. The Kier molecular flexibility index (Phi) is 4.34. The van der Waals surface area contributed by atoms with Crippen molar-refractivity contribution in [3.05, 3.63) is 0 Å². The molecule has 5 atom stereocenters. The lowest BCUT2D eigenvalue weighted by atomic mass is 9.83. The average molecular weight is 278 g/mol. The topological polar surface area (TPSA) is 32.3 Å². The molecule has 0 radical (unpaired) electrons. The zero-order valence-corrected chi connectivity index (χ0v) is 13.1. The molecule has 1 heterocycles. The molecule has 2 saturated carbocycles. The van der Waals surface area contributed by atoms with Gasteiger partial charge in [0.05, 0.1) is 6.04 Å². The van der Waals surface area contributed by atoms with Crippen LogP contribution in [-0.4, -0.2) is 36.0 Å². The lowest BCUT2D eigenvalue weighted by molar-refractivity contribution is -0.134. The van der Waals surface area contributed by atoms with Crippen LogP contribution in [0.5, 0.6) is 0 Å². The average Bonchev–Trinajstić information content (AvgIpc) is 3.10. The monoisotopic (exact) mass is 278 g/mol. The Labute approximate surface area is 123 Å². The molecule has 3 fully saturated rings. The van der Waals surface area contributed by atoms with Gasteiger partial charge in [0.25, 0.3) is 0 Å². The fourth-order valence-electron chi connectivity index (χ4n) is 4.88. The number of rotatable bonds is 4. The largest absolute Gasteiger partial charge is 0.341 e. The number of fused-ring (bicyclic) bond motifs is 2. The standard InChI is InChI=1S/C17H30N2O/c1-12(16-11-14-6-7-15(16)10-14)18-13(2)17(20)19-8-4-3-5-9-19/h12-16,18H,3-11H2,1-2H3. The summed E-state index contributed by atoms with van der Waals surface area (Å²) in [4.78, 5) is 14.5. The minimum Gasteiger partial charge on any atom is -0.341 e. The van der Waals surface area contributed by atoms with Gasteiger partial charge in [-0.15, -0.1) is 0 Å². The normalized spacial score (nSPS) is 36.1. The molecule has 1 amide bonds. The summed E-state index contributed by atoms with van der Waals surface area (Å²) in [5.41, 5.74) is 0. The molecule has 20 heavy (non-hydrogen) atoms. The number of hydrogen-bond acceptors (Lipinski definition) is 2. The molecule has 2 aliphatic carbocycles. The van der Waals surface area contributed by atoms with E-state index in [1.165, 1.54) is 44.9 Å². The molecule has 3 aliphatic rings. The second-order valence-corrected chi connectivity index (χ2v) is 7.40. The maximum Gasteiger partial charge on any atom is 0.239 e. The zero-order valence-electron chi connectivity index (χ0n) is 13.1. The van der Waals surface area contributed by atoms with Gasteiger partial charge in [-0.05, 0) is 70.1 Å². The minimum atomic E-state index is -0.0118. The highest BCUT2D eigenvalue weighted by Crippen LogP contribution is 2.49. The predicted octanol–water partition coefficient (Wildman–Crippen LogP) is 2.80. The van der Waals surface area contributed by atoms with Gasteiger partial charge in [-0.2, -0.15) is 0 Å². The first-order chi connectivity index (χ1) is 9.65. The van der Waals surface area contributed by atoms with Gasteiger partial charge < -0.3 is 10.2 Å². The smallest absolute Gasteiger partial charge is 0.239 e. The summed E-state index contributed by atoms with van der Waals surface area (Å²) in [6.45, 7) is 6.28. The third-order valence-corrected chi connectivity index (χ3v) is 5.99. The molecule has 1 saturated heterocycles. The van der Waals surface area contributed by atoms with Crippen molar-refractivity contribution in [3.63, 3.8) is 0 Å². The van der Waals surface area contributed by atoms with Gasteiger partial charge in [0.2, 0.25) is 5.91 Å². The molecule has 1 aliphatic heterocycles. The summed E-state index contributed by atoms with van der Waals surface area (Å²) in [7, 11) is 0. The molecule has 2 bridgehead atoms. The van der Waals surface area contributed by atoms with E-state index < -0.39 is 0 Å². The van der Waals surface area contributed by atoms with E-state index in [2.05, 4.69) is 24.1 Å². The molecule has 1 N–H and O–H groups in total. The molecule has 3 rings (SSSR count). The third kappa shape index (κ3) is 2.88. The summed E-state index contributed by atoms with van der Waals surface area (Å²) in [6, 6.07) is 0.483. The van der Waals surface area contributed by atoms with Crippen LogP contribution in [0.1, 0.15) is 58.8 Å². The first-order valence-corrected chi connectivity index (χ1v) is 8.70. The Morgan fingerprint density at radius 1 is 1.10 bits per heavy atom. The Morgan fingerprint density at radius 3 is 2.45 bits per heavy atom. The van der Waals surface area contributed by atoms with Gasteiger partial charge >= 0.3 is 0 Å². The maximum atomic E-state index is 12.5. The van der Waals surface area contributed by atoms with E-state index in [0.717, 1.165) is 30.8 Å². The molecule has 0 aromatic rings. The van der Waals surface area contributed by atoms with Crippen molar-refractivity contribution >= 4 is 5.91 Å². The Bertz CT molecular complexity index is 351. The SMILES string of the molecule is CC(NC(C)C1CC2CCC1C2)C(=O)N1CCCCC1. The second kappa shape index (κ2) is 6.05. The van der Waals surface area contributed by atoms with E-state index >= 15 is 0 Å². The van der Waals surface area contributed by atoms with E-state index in [0.29, 0.717) is 11.9 Å². The molecule has 0 spiro atoms. The van der Waals surface area contributed by atoms with Gasteiger partial charge in [0.1, 0.15) is 0 Å². The van der Waals surface area contributed by atoms with Crippen molar-refractivity contribution in [1.82, 2.24) is 10.2 Å². The minimum absolute atomic E-state index is 0.0118. The van der Waals surface area contributed by atoms with E-state index in [-0.39, 0.29) is 6.04 Å². The van der Waals surface area contributed by atoms with Crippen LogP contribution in [0.4, 0.5) is 0 Å². The van der Waals surface area contributed by atoms with Crippen LogP contribution in [0.3, 0.4) is 0 Å². The number of hydrogen-bond donors (Lipinski definition) is 1. The van der Waals surface area contributed by atoms with Gasteiger partial charge in [0.15, 0.2) is 0 Å². The molecular weight excluding hydrogens is 248 g/mol. The van der Waals surface area contributed by atoms with Crippen molar-refractivity contribution in [3.8, 4) is 0 Å². The number of carbonyl (C=O) groups is 1. The molecular formula is C17H30N2O. The molecule has 5 unspecified atom stereocenters. The number of nitrogens with zero attached hydrogens (tertiary/aromatic N) is 1. The van der Waals surface area contributed by atoms with Crippen molar-refractivity contribution in [2.75, 3.05) is 13.1 Å². The number of amides is 1. The number of piperidine rings is 1.